The highest BCUT2D eigenvalue weighted by Crippen LogP contribution is 2.42. The molecule has 1 heterocycles. The number of methoxy groups -OCH3 is 2. The van der Waals surface area contributed by atoms with Crippen molar-refractivity contribution in [3.63, 3.8) is 0 Å². The standard InChI is InChI=1S/C19H30N2O2/c1-4-15-12-20-16-10-18(22-2)19(23-3)11-17(16)21(15)13-14-8-6-5-7-9-14/h10-11,14-15,20H,4-9,12-13H2,1-3H3. The van der Waals surface area contributed by atoms with Gasteiger partial charge in [0.1, 0.15) is 0 Å². The Balaban J connectivity index is 1.90. The van der Waals surface area contributed by atoms with Crippen molar-refractivity contribution in [2.75, 3.05) is 37.5 Å². The second kappa shape index (κ2) is 7.33. The van der Waals surface area contributed by atoms with Gasteiger partial charge in [0.05, 0.1) is 25.6 Å². The van der Waals surface area contributed by atoms with Crippen LogP contribution < -0.4 is 19.7 Å². The van der Waals surface area contributed by atoms with Crippen LogP contribution >= 0.6 is 0 Å². The van der Waals surface area contributed by atoms with Crippen LogP contribution in [0.4, 0.5) is 11.4 Å². The van der Waals surface area contributed by atoms with E-state index in [1.807, 2.05) is 0 Å². The molecule has 23 heavy (non-hydrogen) atoms. The lowest BCUT2D eigenvalue weighted by Crippen LogP contribution is -2.46. The van der Waals surface area contributed by atoms with Crippen LogP contribution in [0, 0.1) is 5.92 Å². The van der Waals surface area contributed by atoms with Crippen molar-refractivity contribution in [3.8, 4) is 11.5 Å². The van der Waals surface area contributed by atoms with Crippen LogP contribution in [0.2, 0.25) is 0 Å². The number of nitrogens with zero attached hydrogens (tertiary/aromatic N) is 1. The number of nitrogens with one attached hydrogen (secondary N) is 1. The summed E-state index contributed by atoms with van der Waals surface area (Å²) in [6.45, 7) is 4.46. The van der Waals surface area contributed by atoms with Gasteiger partial charge in [0.25, 0.3) is 0 Å². The van der Waals surface area contributed by atoms with Gasteiger partial charge in [-0.2, -0.15) is 0 Å². The molecule has 128 valence electrons. The minimum absolute atomic E-state index is 0.558. The number of hydrogen-bond donors (Lipinski definition) is 1. The van der Waals surface area contributed by atoms with Gasteiger partial charge >= 0.3 is 0 Å². The van der Waals surface area contributed by atoms with E-state index >= 15 is 0 Å². The lowest BCUT2D eigenvalue weighted by atomic mass is 9.88. The van der Waals surface area contributed by atoms with E-state index in [9.17, 15) is 0 Å². The zero-order chi connectivity index (χ0) is 16.2. The lowest BCUT2D eigenvalue weighted by molar-refractivity contribution is 0.345. The van der Waals surface area contributed by atoms with Crippen molar-refractivity contribution < 1.29 is 9.47 Å². The zero-order valence-corrected chi connectivity index (χ0v) is 14.7. The fraction of sp³-hybridized carbons (Fsp3) is 0.684. The molecule has 1 N–H and O–H groups in total. The van der Waals surface area contributed by atoms with Gasteiger partial charge in [-0.25, -0.2) is 0 Å². The van der Waals surface area contributed by atoms with Gasteiger partial charge < -0.3 is 19.7 Å². The monoisotopic (exact) mass is 318 g/mol. The average molecular weight is 318 g/mol. The minimum atomic E-state index is 0.558. The van der Waals surface area contributed by atoms with E-state index in [4.69, 9.17) is 9.47 Å². The maximum atomic E-state index is 5.53. The maximum Gasteiger partial charge on any atom is 0.162 e. The molecule has 1 atom stereocenters. The van der Waals surface area contributed by atoms with Crippen LogP contribution in [0.3, 0.4) is 0 Å². The van der Waals surface area contributed by atoms with Crippen LogP contribution in [-0.4, -0.2) is 33.4 Å². The highest BCUT2D eigenvalue weighted by Gasteiger charge is 2.29. The number of hydrogen-bond acceptors (Lipinski definition) is 4. The van der Waals surface area contributed by atoms with E-state index < -0.39 is 0 Å². The molecule has 0 spiro atoms. The smallest absolute Gasteiger partial charge is 0.162 e. The maximum absolute atomic E-state index is 5.53. The molecule has 3 rings (SSSR count). The Hall–Kier alpha value is -1.58. The van der Waals surface area contributed by atoms with Crippen molar-refractivity contribution in [2.45, 2.75) is 51.5 Å². The van der Waals surface area contributed by atoms with E-state index in [1.165, 1.54) is 50.0 Å². The molecule has 1 aromatic carbocycles. The summed E-state index contributed by atoms with van der Waals surface area (Å²) in [5, 5.41) is 3.58. The van der Waals surface area contributed by atoms with Gasteiger partial charge in [0, 0.05) is 31.3 Å². The number of rotatable bonds is 5. The summed E-state index contributed by atoms with van der Waals surface area (Å²) in [5.41, 5.74) is 2.44. The third-order valence-corrected chi connectivity index (χ3v) is 5.43. The summed E-state index contributed by atoms with van der Waals surface area (Å²) >= 11 is 0. The van der Waals surface area contributed by atoms with E-state index in [1.54, 1.807) is 14.2 Å². The Kier molecular flexibility index (Phi) is 5.19. The van der Waals surface area contributed by atoms with Gasteiger partial charge in [0.2, 0.25) is 0 Å². The van der Waals surface area contributed by atoms with E-state index in [0.717, 1.165) is 30.4 Å². The number of benzene rings is 1. The normalized spacial score (nSPS) is 21.5. The molecular formula is C19H30N2O2. The quantitative estimate of drug-likeness (QED) is 0.878. The van der Waals surface area contributed by atoms with Crippen molar-refractivity contribution in [1.82, 2.24) is 0 Å². The summed E-state index contributed by atoms with van der Waals surface area (Å²) in [6, 6.07) is 4.78. The molecule has 0 amide bonds. The van der Waals surface area contributed by atoms with E-state index in [0.29, 0.717) is 6.04 Å². The third-order valence-electron chi connectivity index (χ3n) is 5.43. The number of ether oxygens (including phenoxy) is 2. The Morgan fingerprint density at radius 2 is 1.78 bits per heavy atom. The summed E-state index contributed by atoms with van der Waals surface area (Å²) < 4.78 is 11.0. The fourth-order valence-corrected chi connectivity index (χ4v) is 4.04. The Labute approximate surface area is 140 Å². The van der Waals surface area contributed by atoms with Gasteiger partial charge in [0.15, 0.2) is 11.5 Å². The van der Waals surface area contributed by atoms with Crippen LogP contribution in [0.25, 0.3) is 0 Å². The average Bonchev–Trinajstić information content (AvgIpc) is 2.61. The molecule has 0 bridgehead atoms. The van der Waals surface area contributed by atoms with E-state index in [-0.39, 0.29) is 0 Å². The van der Waals surface area contributed by atoms with Crippen molar-refractivity contribution >= 4 is 11.4 Å². The van der Waals surface area contributed by atoms with Crippen molar-refractivity contribution in [1.29, 1.82) is 0 Å². The highest BCUT2D eigenvalue weighted by molar-refractivity contribution is 5.77. The predicted octanol–water partition coefficient (Wildman–Crippen LogP) is 4.29. The lowest BCUT2D eigenvalue weighted by Gasteiger charge is -2.42. The van der Waals surface area contributed by atoms with Gasteiger partial charge in [-0.05, 0) is 25.2 Å². The summed E-state index contributed by atoms with van der Waals surface area (Å²) in [4.78, 5) is 2.61. The molecule has 1 aliphatic carbocycles. The Morgan fingerprint density at radius 3 is 2.43 bits per heavy atom. The molecule has 1 fully saturated rings. The Bertz CT molecular complexity index is 526. The first-order valence-corrected chi connectivity index (χ1v) is 9.03. The summed E-state index contributed by atoms with van der Waals surface area (Å²) in [6.07, 6.45) is 8.12. The number of anilines is 2. The topological polar surface area (TPSA) is 33.7 Å². The zero-order valence-electron chi connectivity index (χ0n) is 14.7. The molecule has 0 saturated heterocycles. The molecule has 1 unspecified atom stereocenters. The van der Waals surface area contributed by atoms with Crippen LogP contribution in [0.15, 0.2) is 12.1 Å². The second-order valence-corrected chi connectivity index (χ2v) is 6.82. The first kappa shape index (κ1) is 16.3. The molecule has 0 aromatic heterocycles. The molecule has 1 saturated carbocycles. The van der Waals surface area contributed by atoms with Crippen LogP contribution in [-0.2, 0) is 0 Å². The molecule has 1 aliphatic heterocycles. The SMILES string of the molecule is CCC1CNc2cc(OC)c(OC)cc2N1CC1CCCCC1. The van der Waals surface area contributed by atoms with Gasteiger partial charge in [-0.3, -0.25) is 0 Å². The Morgan fingerprint density at radius 1 is 1.09 bits per heavy atom. The molecule has 2 aliphatic rings. The summed E-state index contributed by atoms with van der Waals surface area (Å²) in [5.74, 6) is 2.45. The van der Waals surface area contributed by atoms with Gasteiger partial charge in [-0.1, -0.05) is 26.2 Å². The first-order chi connectivity index (χ1) is 11.3. The summed E-state index contributed by atoms with van der Waals surface area (Å²) in [7, 11) is 3.41. The van der Waals surface area contributed by atoms with Crippen LogP contribution in [0.1, 0.15) is 45.4 Å². The molecule has 4 nitrogen and oxygen atoms in total. The van der Waals surface area contributed by atoms with Gasteiger partial charge in [-0.15, -0.1) is 0 Å². The number of fused-ring (bicyclic) bond motifs is 1. The largest absolute Gasteiger partial charge is 0.493 e. The highest BCUT2D eigenvalue weighted by atomic mass is 16.5. The van der Waals surface area contributed by atoms with Crippen molar-refractivity contribution in [2.24, 2.45) is 5.92 Å². The third kappa shape index (κ3) is 3.36. The second-order valence-electron chi connectivity index (χ2n) is 6.82. The molecular weight excluding hydrogens is 288 g/mol. The molecule has 4 heteroatoms. The molecule has 1 aromatic rings. The van der Waals surface area contributed by atoms with Crippen LogP contribution in [0.5, 0.6) is 11.5 Å². The van der Waals surface area contributed by atoms with E-state index in [2.05, 4.69) is 29.3 Å². The van der Waals surface area contributed by atoms with Crippen molar-refractivity contribution in [3.05, 3.63) is 12.1 Å². The fourth-order valence-electron chi connectivity index (χ4n) is 4.04. The first-order valence-electron chi connectivity index (χ1n) is 9.03. The predicted molar refractivity (Wildman–Crippen MR) is 96.0 cm³/mol. The molecule has 0 radical (unpaired) electrons. The minimum Gasteiger partial charge on any atom is -0.493 e.